The zero-order chi connectivity index (χ0) is 16.7. The number of aromatic nitrogens is 2. The molecule has 4 nitrogen and oxygen atoms in total. The highest BCUT2D eigenvalue weighted by Gasteiger charge is 2.27. The van der Waals surface area contributed by atoms with Crippen LogP contribution in [0.3, 0.4) is 0 Å². The molecule has 0 atom stereocenters. The molecule has 1 amide bonds. The molecule has 0 saturated heterocycles. The predicted octanol–water partition coefficient (Wildman–Crippen LogP) is 3.36. The molecule has 2 heterocycles. The van der Waals surface area contributed by atoms with E-state index in [9.17, 15) is 13.6 Å². The Morgan fingerprint density at radius 3 is 2.92 bits per heavy atom. The highest BCUT2D eigenvalue weighted by molar-refractivity contribution is 5.95. The maximum atomic E-state index is 13.8. The van der Waals surface area contributed by atoms with E-state index in [0.717, 1.165) is 22.9 Å². The Kier molecular flexibility index (Phi) is 3.52. The Hall–Kier alpha value is -2.76. The molecule has 0 saturated carbocycles. The van der Waals surface area contributed by atoms with Crippen molar-refractivity contribution in [2.24, 2.45) is 0 Å². The molecule has 0 unspecified atom stereocenters. The summed E-state index contributed by atoms with van der Waals surface area (Å²) in [5.41, 5.74) is 2.54. The molecular formula is C18H15F2N3O. The lowest BCUT2D eigenvalue weighted by atomic mass is 10.1. The number of para-hydroxylation sites is 2. The van der Waals surface area contributed by atoms with E-state index in [2.05, 4.69) is 9.97 Å². The van der Waals surface area contributed by atoms with Crippen LogP contribution in [0.2, 0.25) is 0 Å². The first-order chi connectivity index (χ1) is 11.6. The SMILES string of the molecule is O=C(CCc1nc2ccccc2[nH]1)N1CCc2c(F)cc(F)cc21. The minimum atomic E-state index is -0.664. The molecule has 3 aromatic rings. The van der Waals surface area contributed by atoms with Crippen LogP contribution in [0.4, 0.5) is 14.5 Å². The number of amides is 1. The van der Waals surface area contributed by atoms with Crippen LogP contribution in [0.15, 0.2) is 36.4 Å². The topological polar surface area (TPSA) is 49.0 Å². The van der Waals surface area contributed by atoms with E-state index in [1.54, 1.807) is 0 Å². The average Bonchev–Trinajstić information content (AvgIpc) is 3.16. The van der Waals surface area contributed by atoms with Crippen LogP contribution in [0, 0.1) is 11.6 Å². The van der Waals surface area contributed by atoms with E-state index in [1.165, 1.54) is 11.0 Å². The molecule has 1 aliphatic rings. The van der Waals surface area contributed by atoms with Gasteiger partial charge in [0.25, 0.3) is 0 Å². The summed E-state index contributed by atoms with van der Waals surface area (Å²) in [5, 5.41) is 0. The molecule has 4 rings (SSSR count). The van der Waals surface area contributed by atoms with Gasteiger partial charge in [-0.1, -0.05) is 12.1 Å². The first-order valence-electron chi connectivity index (χ1n) is 7.84. The summed E-state index contributed by atoms with van der Waals surface area (Å²) >= 11 is 0. The van der Waals surface area contributed by atoms with Gasteiger partial charge < -0.3 is 9.88 Å². The van der Waals surface area contributed by atoms with E-state index in [4.69, 9.17) is 0 Å². The second kappa shape index (κ2) is 5.70. The number of aromatic amines is 1. The van der Waals surface area contributed by atoms with Crippen LogP contribution in [-0.2, 0) is 17.6 Å². The summed E-state index contributed by atoms with van der Waals surface area (Å²) in [7, 11) is 0. The normalized spacial score (nSPS) is 13.5. The standard InChI is InChI=1S/C18H15F2N3O/c19-11-9-13(20)12-7-8-23(16(12)10-11)18(24)6-5-17-21-14-3-1-2-4-15(14)22-17/h1-4,9-10H,5-8H2,(H,21,22). The quantitative estimate of drug-likeness (QED) is 0.802. The van der Waals surface area contributed by atoms with Gasteiger partial charge in [0, 0.05) is 31.0 Å². The number of anilines is 1. The molecule has 0 fully saturated rings. The number of carbonyl (C=O) groups is 1. The molecule has 0 spiro atoms. The van der Waals surface area contributed by atoms with Crippen LogP contribution in [0.5, 0.6) is 0 Å². The van der Waals surface area contributed by atoms with E-state index in [1.807, 2.05) is 24.3 Å². The molecule has 24 heavy (non-hydrogen) atoms. The molecule has 0 bridgehead atoms. The number of hydrogen-bond acceptors (Lipinski definition) is 2. The lowest BCUT2D eigenvalue weighted by molar-refractivity contribution is -0.118. The van der Waals surface area contributed by atoms with Gasteiger partial charge in [-0.3, -0.25) is 4.79 Å². The van der Waals surface area contributed by atoms with Crippen molar-refractivity contribution in [1.82, 2.24) is 9.97 Å². The van der Waals surface area contributed by atoms with Crippen molar-refractivity contribution in [2.45, 2.75) is 19.3 Å². The Balaban J connectivity index is 1.50. The fourth-order valence-electron chi connectivity index (χ4n) is 3.17. The smallest absolute Gasteiger partial charge is 0.227 e. The van der Waals surface area contributed by atoms with E-state index in [-0.39, 0.29) is 12.3 Å². The fourth-order valence-corrected chi connectivity index (χ4v) is 3.17. The third kappa shape index (κ3) is 2.54. The molecule has 122 valence electrons. The van der Waals surface area contributed by atoms with Crippen LogP contribution in [-0.4, -0.2) is 22.4 Å². The van der Waals surface area contributed by atoms with Gasteiger partial charge in [-0.25, -0.2) is 13.8 Å². The fraction of sp³-hybridized carbons (Fsp3) is 0.222. The average molecular weight is 327 g/mol. The second-order valence-electron chi connectivity index (χ2n) is 5.88. The largest absolute Gasteiger partial charge is 0.342 e. The van der Waals surface area contributed by atoms with Gasteiger partial charge in [0.2, 0.25) is 5.91 Å². The molecular weight excluding hydrogens is 312 g/mol. The maximum absolute atomic E-state index is 13.8. The Morgan fingerprint density at radius 2 is 2.08 bits per heavy atom. The number of hydrogen-bond donors (Lipinski definition) is 1. The lowest BCUT2D eigenvalue weighted by Crippen LogP contribution is -2.29. The number of nitrogens with one attached hydrogen (secondary N) is 1. The predicted molar refractivity (Wildman–Crippen MR) is 86.8 cm³/mol. The molecule has 1 N–H and O–H groups in total. The molecule has 6 heteroatoms. The van der Waals surface area contributed by atoms with Crippen LogP contribution in [0.1, 0.15) is 17.8 Å². The number of benzene rings is 2. The van der Waals surface area contributed by atoms with Crippen molar-refractivity contribution >= 4 is 22.6 Å². The van der Waals surface area contributed by atoms with Gasteiger partial charge >= 0.3 is 0 Å². The van der Waals surface area contributed by atoms with Gasteiger partial charge in [-0.15, -0.1) is 0 Å². The van der Waals surface area contributed by atoms with Crippen molar-refractivity contribution < 1.29 is 13.6 Å². The Morgan fingerprint density at radius 1 is 1.25 bits per heavy atom. The van der Waals surface area contributed by atoms with Gasteiger partial charge in [0.15, 0.2) is 0 Å². The Labute approximate surface area is 137 Å². The molecule has 0 aliphatic carbocycles. The number of rotatable bonds is 3. The molecule has 1 aliphatic heterocycles. The summed E-state index contributed by atoms with van der Waals surface area (Å²) < 4.78 is 27.2. The minimum absolute atomic E-state index is 0.154. The third-order valence-corrected chi connectivity index (χ3v) is 4.33. The van der Waals surface area contributed by atoms with E-state index >= 15 is 0 Å². The number of imidazole rings is 1. The van der Waals surface area contributed by atoms with Gasteiger partial charge in [-0.05, 0) is 24.6 Å². The zero-order valence-electron chi connectivity index (χ0n) is 12.9. The minimum Gasteiger partial charge on any atom is -0.342 e. The number of H-pyrrole nitrogens is 1. The zero-order valence-corrected chi connectivity index (χ0v) is 12.9. The van der Waals surface area contributed by atoms with Crippen molar-refractivity contribution in [3.05, 3.63) is 59.4 Å². The van der Waals surface area contributed by atoms with E-state index < -0.39 is 11.6 Å². The van der Waals surface area contributed by atoms with Gasteiger partial charge in [-0.2, -0.15) is 0 Å². The number of carbonyl (C=O) groups excluding carboxylic acids is 1. The van der Waals surface area contributed by atoms with Gasteiger partial charge in [0.05, 0.1) is 16.7 Å². The van der Waals surface area contributed by atoms with Crippen LogP contribution < -0.4 is 4.90 Å². The summed E-state index contributed by atoms with van der Waals surface area (Å²) in [5.74, 6) is -0.672. The van der Waals surface area contributed by atoms with Gasteiger partial charge in [0.1, 0.15) is 17.5 Å². The number of nitrogens with zero attached hydrogens (tertiary/aromatic N) is 2. The number of aryl methyl sites for hydroxylation is 1. The first-order valence-corrected chi connectivity index (χ1v) is 7.84. The highest BCUT2D eigenvalue weighted by atomic mass is 19.1. The summed E-state index contributed by atoms with van der Waals surface area (Å²) in [6.07, 6.45) is 1.10. The van der Waals surface area contributed by atoms with E-state index in [0.29, 0.717) is 30.6 Å². The molecule has 2 aromatic carbocycles. The molecule has 1 aromatic heterocycles. The lowest BCUT2D eigenvalue weighted by Gasteiger charge is -2.17. The number of fused-ring (bicyclic) bond motifs is 2. The summed E-state index contributed by atoms with van der Waals surface area (Å²) in [6.45, 7) is 0.384. The highest BCUT2D eigenvalue weighted by Crippen LogP contribution is 2.31. The molecule has 0 radical (unpaired) electrons. The van der Waals surface area contributed by atoms with Crippen LogP contribution in [0.25, 0.3) is 11.0 Å². The third-order valence-electron chi connectivity index (χ3n) is 4.33. The second-order valence-corrected chi connectivity index (χ2v) is 5.88. The van der Waals surface area contributed by atoms with Crippen molar-refractivity contribution in [3.8, 4) is 0 Å². The number of halogens is 2. The van der Waals surface area contributed by atoms with Crippen LogP contribution >= 0.6 is 0 Å². The summed E-state index contributed by atoms with van der Waals surface area (Å²) in [4.78, 5) is 21.5. The Bertz CT molecular complexity index is 902. The van der Waals surface area contributed by atoms with Crippen molar-refractivity contribution in [1.29, 1.82) is 0 Å². The van der Waals surface area contributed by atoms with Crippen molar-refractivity contribution in [3.63, 3.8) is 0 Å². The summed E-state index contributed by atoms with van der Waals surface area (Å²) in [6, 6.07) is 9.74. The first kappa shape index (κ1) is 14.8. The maximum Gasteiger partial charge on any atom is 0.227 e. The monoisotopic (exact) mass is 327 g/mol. The van der Waals surface area contributed by atoms with Crippen molar-refractivity contribution in [2.75, 3.05) is 11.4 Å².